The van der Waals surface area contributed by atoms with Crippen molar-refractivity contribution in [3.63, 3.8) is 0 Å². The normalized spacial score (nSPS) is 22.4. The van der Waals surface area contributed by atoms with Gasteiger partial charge in [-0.2, -0.15) is 4.98 Å². The number of para-hydroxylation sites is 1. The van der Waals surface area contributed by atoms with Crippen molar-refractivity contribution < 1.29 is 9.63 Å². The Morgan fingerprint density at radius 1 is 1.12 bits per heavy atom. The number of aryl methyl sites for hydroxylation is 2. The molecule has 4 atom stereocenters. The lowest BCUT2D eigenvalue weighted by Crippen LogP contribution is -2.25. The van der Waals surface area contributed by atoms with Crippen LogP contribution in [0.3, 0.4) is 0 Å². The molecule has 1 saturated carbocycles. The van der Waals surface area contributed by atoms with Crippen molar-refractivity contribution in [3.05, 3.63) is 47.5 Å². The second-order valence-electron chi connectivity index (χ2n) is 9.28. The highest BCUT2D eigenvalue weighted by Gasteiger charge is 2.38. The lowest BCUT2D eigenvalue weighted by molar-refractivity contribution is 0.191. The molecule has 5 rings (SSSR count). The molecule has 0 aliphatic heterocycles. The van der Waals surface area contributed by atoms with Gasteiger partial charge in [0.05, 0.1) is 33.7 Å². The number of anilines is 2. The molecule has 8 nitrogen and oxygen atoms in total. The second-order valence-corrected chi connectivity index (χ2v) is 10.3. The SMILES string of the molecule is Cc1cc(CNc2nc(C)c(-c3nc4ccccc4s3)c(NC3CC(CO)C(C)C3C)n2)on1. The van der Waals surface area contributed by atoms with Crippen molar-refractivity contribution in [3.8, 4) is 10.6 Å². The van der Waals surface area contributed by atoms with Gasteiger partial charge in [0.25, 0.3) is 0 Å². The highest BCUT2D eigenvalue weighted by Crippen LogP contribution is 2.41. The molecule has 0 saturated heterocycles. The minimum absolute atomic E-state index is 0.208. The minimum Gasteiger partial charge on any atom is -0.396 e. The van der Waals surface area contributed by atoms with E-state index < -0.39 is 0 Å². The molecule has 0 amide bonds. The number of hydrogen-bond acceptors (Lipinski definition) is 9. The molecule has 0 bridgehead atoms. The average molecular weight is 479 g/mol. The van der Waals surface area contributed by atoms with Gasteiger partial charge in [0.15, 0.2) is 5.76 Å². The van der Waals surface area contributed by atoms with Crippen molar-refractivity contribution in [2.45, 2.75) is 46.7 Å². The number of nitrogens with zero attached hydrogens (tertiary/aromatic N) is 4. The van der Waals surface area contributed by atoms with E-state index >= 15 is 0 Å². The summed E-state index contributed by atoms with van der Waals surface area (Å²) in [6.07, 6.45) is 0.904. The summed E-state index contributed by atoms with van der Waals surface area (Å²) in [5.74, 6) is 3.15. The first-order valence-electron chi connectivity index (χ1n) is 11.7. The van der Waals surface area contributed by atoms with Crippen LogP contribution in [0.15, 0.2) is 34.9 Å². The maximum atomic E-state index is 9.83. The Labute approximate surface area is 202 Å². The van der Waals surface area contributed by atoms with Crippen molar-refractivity contribution >= 4 is 33.3 Å². The number of hydrogen-bond donors (Lipinski definition) is 3. The summed E-state index contributed by atoms with van der Waals surface area (Å²) in [5, 5.41) is 21.7. The standard InChI is InChI=1S/C25H30N6O2S/c1-13-9-18(33-31-13)11-26-25-27-16(4)22(24-29-19-7-5-6-8-21(19)34-24)23(30-25)28-20-10-17(12-32)14(2)15(20)3/h5-9,14-15,17,20,32H,10-12H2,1-4H3,(H2,26,27,28,30). The zero-order valence-corrected chi connectivity index (χ0v) is 20.7. The van der Waals surface area contributed by atoms with Crippen LogP contribution in [-0.2, 0) is 6.54 Å². The highest BCUT2D eigenvalue weighted by molar-refractivity contribution is 7.21. The van der Waals surface area contributed by atoms with E-state index in [0.717, 1.165) is 50.2 Å². The predicted octanol–water partition coefficient (Wildman–Crippen LogP) is 5.04. The summed E-state index contributed by atoms with van der Waals surface area (Å²) in [4.78, 5) is 14.5. The highest BCUT2D eigenvalue weighted by atomic mass is 32.1. The first-order valence-corrected chi connectivity index (χ1v) is 12.5. The zero-order valence-electron chi connectivity index (χ0n) is 19.9. The number of benzene rings is 1. The number of rotatable bonds is 7. The van der Waals surface area contributed by atoms with Gasteiger partial charge in [-0.25, -0.2) is 9.97 Å². The van der Waals surface area contributed by atoms with Crippen LogP contribution >= 0.6 is 11.3 Å². The van der Waals surface area contributed by atoms with E-state index in [1.165, 1.54) is 0 Å². The van der Waals surface area contributed by atoms with Gasteiger partial charge in [0, 0.05) is 18.7 Å². The van der Waals surface area contributed by atoms with Crippen molar-refractivity contribution in [2.75, 3.05) is 17.2 Å². The summed E-state index contributed by atoms with van der Waals surface area (Å²) in [6.45, 7) is 9.01. The maximum absolute atomic E-state index is 9.83. The van der Waals surface area contributed by atoms with Crippen LogP contribution in [0.4, 0.5) is 11.8 Å². The summed E-state index contributed by atoms with van der Waals surface area (Å²) in [6, 6.07) is 10.2. The number of nitrogens with one attached hydrogen (secondary N) is 2. The molecular weight excluding hydrogens is 448 g/mol. The molecule has 178 valence electrons. The zero-order chi connectivity index (χ0) is 23.8. The van der Waals surface area contributed by atoms with E-state index in [-0.39, 0.29) is 18.6 Å². The molecule has 0 spiro atoms. The van der Waals surface area contributed by atoms with E-state index in [0.29, 0.717) is 24.3 Å². The smallest absolute Gasteiger partial charge is 0.225 e. The summed E-state index contributed by atoms with van der Waals surface area (Å²) < 4.78 is 6.45. The van der Waals surface area contributed by atoms with E-state index in [4.69, 9.17) is 19.5 Å². The Balaban J connectivity index is 1.51. The van der Waals surface area contributed by atoms with E-state index in [9.17, 15) is 5.11 Å². The van der Waals surface area contributed by atoms with Crippen LogP contribution in [0.1, 0.15) is 37.4 Å². The van der Waals surface area contributed by atoms with Crippen LogP contribution in [0, 0.1) is 31.6 Å². The van der Waals surface area contributed by atoms with Crippen LogP contribution < -0.4 is 10.6 Å². The number of fused-ring (bicyclic) bond motifs is 1. The topological polar surface area (TPSA) is 109 Å². The predicted molar refractivity (Wildman–Crippen MR) is 135 cm³/mol. The van der Waals surface area contributed by atoms with Gasteiger partial charge >= 0.3 is 0 Å². The number of aliphatic hydroxyl groups is 1. The second kappa shape index (κ2) is 9.31. The number of aromatic nitrogens is 4. The van der Waals surface area contributed by atoms with Gasteiger partial charge in [-0.3, -0.25) is 0 Å². The van der Waals surface area contributed by atoms with Crippen molar-refractivity contribution in [2.24, 2.45) is 17.8 Å². The Hall–Kier alpha value is -3.04. The molecule has 1 fully saturated rings. The Kier molecular flexibility index (Phi) is 6.22. The average Bonchev–Trinajstić information content (AvgIpc) is 3.51. The first-order chi connectivity index (χ1) is 16.4. The lowest BCUT2D eigenvalue weighted by Gasteiger charge is -2.22. The van der Waals surface area contributed by atoms with Gasteiger partial charge in [-0.15, -0.1) is 11.3 Å². The first kappa shape index (κ1) is 22.7. The summed E-state index contributed by atoms with van der Waals surface area (Å²) in [5.41, 5.74) is 3.59. The molecule has 4 aromatic rings. The maximum Gasteiger partial charge on any atom is 0.225 e. The van der Waals surface area contributed by atoms with Crippen LogP contribution in [0.2, 0.25) is 0 Å². The third-order valence-electron chi connectivity index (χ3n) is 7.02. The monoisotopic (exact) mass is 478 g/mol. The van der Waals surface area contributed by atoms with Gasteiger partial charge in [0.1, 0.15) is 10.8 Å². The quantitative estimate of drug-likeness (QED) is 0.339. The molecule has 3 heterocycles. The fraction of sp³-hybridized carbons (Fsp3) is 0.440. The molecule has 1 aliphatic carbocycles. The van der Waals surface area contributed by atoms with E-state index in [1.54, 1.807) is 11.3 Å². The van der Waals surface area contributed by atoms with Gasteiger partial charge in [-0.05, 0) is 50.2 Å². The molecule has 0 radical (unpaired) electrons. The molecule has 1 aromatic carbocycles. The minimum atomic E-state index is 0.208. The molecule has 3 aromatic heterocycles. The van der Waals surface area contributed by atoms with Crippen LogP contribution in [-0.4, -0.2) is 37.9 Å². The Bertz CT molecular complexity index is 1270. The van der Waals surface area contributed by atoms with Crippen LogP contribution in [0.25, 0.3) is 20.8 Å². The Morgan fingerprint density at radius 3 is 2.65 bits per heavy atom. The van der Waals surface area contributed by atoms with Crippen LogP contribution in [0.5, 0.6) is 0 Å². The van der Waals surface area contributed by atoms with E-state index in [2.05, 4.69) is 35.7 Å². The summed E-state index contributed by atoms with van der Waals surface area (Å²) >= 11 is 1.65. The third kappa shape index (κ3) is 4.37. The fourth-order valence-electron chi connectivity index (χ4n) is 4.82. The molecular formula is C25H30N6O2S. The molecule has 34 heavy (non-hydrogen) atoms. The molecule has 4 unspecified atom stereocenters. The van der Waals surface area contributed by atoms with Crippen molar-refractivity contribution in [1.82, 2.24) is 20.1 Å². The van der Waals surface area contributed by atoms with Gasteiger partial charge in [-0.1, -0.05) is 31.1 Å². The van der Waals surface area contributed by atoms with Gasteiger partial charge < -0.3 is 20.3 Å². The lowest BCUT2D eigenvalue weighted by atomic mass is 9.92. The number of aliphatic hydroxyl groups excluding tert-OH is 1. The largest absolute Gasteiger partial charge is 0.396 e. The number of thiazole rings is 1. The third-order valence-corrected chi connectivity index (χ3v) is 8.07. The fourth-order valence-corrected chi connectivity index (χ4v) is 5.88. The molecule has 3 N–H and O–H groups in total. The van der Waals surface area contributed by atoms with E-state index in [1.807, 2.05) is 38.1 Å². The molecule has 1 aliphatic rings. The summed E-state index contributed by atoms with van der Waals surface area (Å²) in [7, 11) is 0. The van der Waals surface area contributed by atoms with Gasteiger partial charge in [0.2, 0.25) is 5.95 Å². The Morgan fingerprint density at radius 2 is 1.94 bits per heavy atom. The molecule has 9 heteroatoms. The van der Waals surface area contributed by atoms with Crippen molar-refractivity contribution in [1.29, 1.82) is 0 Å².